The Bertz CT molecular complexity index is 688. The second kappa shape index (κ2) is 7.19. The summed E-state index contributed by atoms with van der Waals surface area (Å²) in [7, 11) is 0. The van der Waals surface area contributed by atoms with Crippen molar-refractivity contribution >= 4 is 0 Å². The molecule has 1 aliphatic heterocycles. The van der Waals surface area contributed by atoms with Gasteiger partial charge in [-0.2, -0.15) is 0 Å². The zero-order valence-electron chi connectivity index (χ0n) is 14.6. The van der Waals surface area contributed by atoms with Crippen molar-refractivity contribution in [2.75, 3.05) is 19.6 Å². The second-order valence-electron chi connectivity index (χ2n) is 7.88. The van der Waals surface area contributed by atoms with Gasteiger partial charge in [0.05, 0.1) is 6.10 Å². The summed E-state index contributed by atoms with van der Waals surface area (Å²) in [5, 5.41) is 20.0. The van der Waals surface area contributed by atoms with Crippen molar-refractivity contribution in [3.8, 4) is 5.75 Å². The van der Waals surface area contributed by atoms with E-state index in [9.17, 15) is 10.2 Å². The Morgan fingerprint density at radius 1 is 0.960 bits per heavy atom. The van der Waals surface area contributed by atoms with Gasteiger partial charge in [0, 0.05) is 19.6 Å². The summed E-state index contributed by atoms with van der Waals surface area (Å²) in [6.07, 6.45) is 3.32. The molecule has 1 aliphatic carbocycles. The molecule has 0 bridgehead atoms. The first-order chi connectivity index (χ1) is 12.2. The summed E-state index contributed by atoms with van der Waals surface area (Å²) in [6, 6.07) is 17.8. The molecule has 2 aromatic carbocycles. The van der Waals surface area contributed by atoms with E-state index in [0.717, 1.165) is 36.4 Å². The molecule has 3 nitrogen and oxygen atoms in total. The minimum atomic E-state index is -0.522. The van der Waals surface area contributed by atoms with Crippen LogP contribution in [-0.2, 0) is 6.42 Å². The number of hydrogen-bond donors (Lipinski definition) is 2. The van der Waals surface area contributed by atoms with Crippen LogP contribution in [0.4, 0.5) is 0 Å². The maximum atomic E-state index is 10.5. The van der Waals surface area contributed by atoms with Gasteiger partial charge in [0.25, 0.3) is 0 Å². The monoisotopic (exact) mass is 337 g/mol. The number of aromatic hydroxyl groups is 1. The minimum Gasteiger partial charge on any atom is -0.508 e. The van der Waals surface area contributed by atoms with E-state index in [1.54, 1.807) is 18.2 Å². The molecule has 0 spiro atoms. The number of benzene rings is 2. The molecular weight excluding hydrogens is 310 g/mol. The van der Waals surface area contributed by atoms with Crippen molar-refractivity contribution in [3.05, 3.63) is 65.7 Å². The molecular formula is C22H27NO2. The molecule has 2 aliphatic rings. The molecule has 2 unspecified atom stereocenters. The number of aliphatic hydroxyl groups is 1. The Morgan fingerprint density at radius 3 is 2.36 bits per heavy atom. The molecule has 0 radical (unpaired) electrons. The highest BCUT2D eigenvalue weighted by molar-refractivity contribution is 5.28. The molecule has 1 saturated heterocycles. The highest BCUT2D eigenvalue weighted by Gasteiger charge is 2.40. The maximum Gasteiger partial charge on any atom is 0.115 e. The van der Waals surface area contributed by atoms with Crippen LogP contribution < -0.4 is 0 Å². The number of hydrogen-bond acceptors (Lipinski definition) is 3. The van der Waals surface area contributed by atoms with E-state index in [2.05, 4.69) is 35.2 Å². The van der Waals surface area contributed by atoms with E-state index >= 15 is 0 Å². The van der Waals surface area contributed by atoms with Gasteiger partial charge in [-0.1, -0.05) is 42.5 Å². The summed E-state index contributed by atoms with van der Waals surface area (Å²) in [5.41, 5.74) is 2.27. The smallest absolute Gasteiger partial charge is 0.115 e. The van der Waals surface area contributed by atoms with E-state index in [0.29, 0.717) is 6.54 Å². The molecule has 4 atom stereocenters. The number of β-amino-alcohol motifs (C(OH)–C–C–N with tert-alkyl or cyclic N) is 1. The van der Waals surface area contributed by atoms with E-state index < -0.39 is 6.10 Å². The predicted octanol–water partition coefficient (Wildman–Crippen LogP) is 3.63. The van der Waals surface area contributed by atoms with Gasteiger partial charge in [-0.25, -0.2) is 0 Å². The fourth-order valence-electron chi connectivity index (χ4n) is 4.87. The average molecular weight is 337 g/mol. The van der Waals surface area contributed by atoms with Crippen molar-refractivity contribution in [3.63, 3.8) is 0 Å². The summed E-state index contributed by atoms with van der Waals surface area (Å²) >= 11 is 0. The number of rotatable bonds is 5. The summed E-state index contributed by atoms with van der Waals surface area (Å²) in [6.45, 7) is 2.87. The van der Waals surface area contributed by atoms with Crippen molar-refractivity contribution < 1.29 is 10.2 Å². The standard InChI is InChI=1S/C22H27NO2/c24-21-8-4-7-18(12-21)22(25)15-23-13-19-10-17(11-20(19)14-23)9-16-5-2-1-3-6-16/h1-8,12,17,19-20,22,24-25H,9-11,13-15H2/t17?,19-,20+,22?. The topological polar surface area (TPSA) is 43.7 Å². The van der Waals surface area contributed by atoms with Gasteiger partial charge >= 0.3 is 0 Å². The Morgan fingerprint density at radius 2 is 1.68 bits per heavy atom. The lowest BCUT2D eigenvalue weighted by atomic mass is 9.96. The molecule has 0 amide bonds. The number of nitrogens with zero attached hydrogens (tertiary/aromatic N) is 1. The Kier molecular flexibility index (Phi) is 4.78. The lowest BCUT2D eigenvalue weighted by molar-refractivity contribution is 0.120. The van der Waals surface area contributed by atoms with Crippen molar-refractivity contribution in [2.24, 2.45) is 17.8 Å². The van der Waals surface area contributed by atoms with Crippen LogP contribution in [0.1, 0.15) is 30.1 Å². The van der Waals surface area contributed by atoms with Crippen LogP contribution in [0.3, 0.4) is 0 Å². The molecule has 2 fully saturated rings. The van der Waals surface area contributed by atoms with Crippen LogP contribution in [0.2, 0.25) is 0 Å². The normalized spacial score (nSPS) is 27.3. The third kappa shape index (κ3) is 3.88. The van der Waals surface area contributed by atoms with E-state index in [4.69, 9.17) is 0 Å². The Labute approximate surface area is 149 Å². The molecule has 3 heteroatoms. The van der Waals surface area contributed by atoms with Crippen molar-refractivity contribution in [1.82, 2.24) is 4.90 Å². The minimum absolute atomic E-state index is 0.221. The first kappa shape index (κ1) is 16.6. The molecule has 2 aromatic rings. The first-order valence-electron chi connectivity index (χ1n) is 9.40. The quantitative estimate of drug-likeness (QED) is 0.876. The number of likely N-dealkylation sites (tertiary alicyclic amines) is 1. The van der Waals surface area contributed by atoms with Gasteiger partial charge in [-0.05, 0) is 60.3 Å². The predicted molar refractivity (Wildman–Crippen MR) is 99.4 cm³/mol. The molecule has 0 aromatic heterocycles. The molecule has 1 saturated carbocycles. The van der Waals surface area contributed by atoms with Gasteiger partial charge in [0.15, 0.2) is 0 Å². The van der Waals surface area contributed by atoms with Gasteiger partial charge in [-0.15, -0.1) is 0 Å². The Balaban J connectivity index is 1.29. The lowest BCUT2D eigenvalue weighted by Crippen LogP contribution is -2.28. The van der Waals surface area contributed by atoms with Gasteiger partial charge in [0.1, 0.15) is 5.75 Å². The molecule has 2 N–H and O–H groups in total. The van der Waals surface area contributed by atoms with Crippen LogP contribution in [0.15, 0.2) is 54.6 Å². The number of phenols is 1. The molecule has 132 valence electrons. The fourth-order valence-corrected chi connectivity index (χ4v) is 4.87. The second-order valence-corrected chi connectivity index (χ2v) is 7.88. The molecule has 25 heavy (non-hydrogen) atoms. The summed E-state index contributed by atoms with van der Waals surface area (Å²) < 4.78 is 0. The molecule has 1 heterocycles. The zero-order chi connectivity index (χ0) is 17.2. The highest BCUT2D eigenvalue weighted by atomic mass is 16.3. The highest BCUT2D eigenvalue weighted by Crippen LogP contribution is 2.43. The first-order valence-corrected chi connectivity index (χ1v) is 9.40. The fraction of sp³-hybridized carbons (Fsp3) is 0.455. The number of aliphatic hydroxyl groups excluding tert-OH is 1. The van der Waals surface area contributed by atoms with E-state index in [1.807, 2.05) is 6.07 Å². The SMILES string of the molecule is Oc1cccc(C(O)CN2C[C@H]3CC(Cc4ccccc4)C[C@H]3C2)c1. The summed E-state index contributed by atoms with van der Waals surface area (Å²) in [4.78, 5) is 2.41. The average Bonchev–Trinajstić information content (AvgIpc) is 3.13. The van der Waals surface area contributed by atoms with Gasteiger partial charge in [0.2, 0.25) is 0 Å². The third-order valence-electron chi connectivity index (χ3n) is 5.98. The van der Waals surface area contributed by atoms with Gasteiger partial charge < -0.3 is 10.2 Å². The van der Waals surface area contributed by atoms with Crippen molar-refractivity contribution in [1.29, 1.82) is 0 Å². The lowest BCUT2D eigenvalue weighted by Gasteiger charge is -2.22. The van der Waals surface area contributed by atoms with Crippen LogP contribution in [-0.4, -0.2) is 34.7 Å². The zero-order valence-corrected chi connectivity index (χ0v) is 14.6. The third-order valence-corrected chi connectivity index (χ3v) is 5.98. The van der Waals surface area contributed by atoms with Crippen LogP contribution in [0.25, 0.3) is 0 Å². The number of phenolic OH excluding ortho intramolecular Hbond substituents is 1. The maximum absolute atomic E-state index is 10.5. The largest absolute Gasteiger partial charge is 0.508 e. The van der Waals surface area contributed by atoms with Crippen molar-refractivity contribution in [2.45, 2.75) is 25.4 Å². The van der Waals surface area contributed by atoms with E-state index in [-0.39, 0.29) is 5.75 Å². The number of fused-ring (bicyclic) bond motifs is 1. The van der Waals surface area contributed by atoms with E-state index in [1.165, 1.54) is 24.8 Å². The molecule has 4 rings (SSSR count). The van der Waals surface area contributed by atoms with Crippen LogP contribution in [0.5, 0.6) is 5.75 Å². The summed E-state index contributed by atoms with van der Waals surface area (Å²) in [5.74, 6) is 2.60. The Hall–Kier alpha value is -1.84. The van der Waals surface area contributed by atoms with Gasteiger partial charge in [-0.3, -0.25) is 4.90 Å². The van der Waals surface area contributed by atoms with Crippen LogP contribution >= 0.6 is 0 Å². The van der Waals surface area contributed by atoms with Crippen LogP contribution in [0, 0.1) is 17.8 Å².